The molecule has 0 aromatic heterocycles. The average molecular weight is 1950 g/mol. The van der Waals surface area contributed by atoms with Crippen molar-refractivity contribution >= 4 is 89.4 Å². The standard InChI is InChI=1S/C37H52O10.C35H50O9.C22H32O2.C15H22O9/c1-7-9-10-11-12-13-14-15-16-17-18-19-20-21-22-23-24-25-26-27-33(38)44-30(4)35(40)46-32(6)37(42)47-31(5)36(41)45-29(3)34(39)43-28-8-2;1-6-7-8-9-10-11-12-13-14-15-16-17-18-19-20-21-22-23-24-25-31(36)26-27(2)33(39)43-29(4)35(41)44-30(5)34(40)42-28(3)32(37)38;1-2-3-4-5-6-7-8-9-10-11-12-13-14-15-16-17-18-19-20-21-22(23)24;1-6-7-21-13(18)9(3)23-15(20)11(5)24-14(19)10(4)22-12(17)8(2)16/h8-10,12-13,15-16,18-19,21-22,24-25,29-32H,2,7,11,14,17,20,23,26-28H2,1,3-6H3;7-8,10-11,13-14,16-17,19-20,22-23,27-30H,6,9,12,15,18,21,24-26H2,1-5H3,(H,37,38);3-4,6-7,9-10,12-13,15-16,18-19H,2,5,8,11,14,17,20-21H2,1H3,(H,23,24);6,8-11,16H,1,7H2,2-5H3/b10-9-,13-12-,16-15-,19-18-,22-21-,25-24-;8-7-,11-10-,14-13-,17-16-,20-19-,23-22-;4-3-,7-6-,10-9-,13-12-,16-15-,19-18-;/t29-,30-,31-,32-;27-,28+,29+,30+;;8-,9-,10-,11-/m01.0/s1. The molecule has 0 amide bonds. The molecule has 139 heavy (non-hydrogen) atoms. The van der Waals surface area contributed by atoms with Gasteiger partial charge in [0.1, 0.15) is 25.1 Å². The van der Waals surface area contributed by atoms with E-state index >= 15 is 0 Å². The first-order valence-electron chi connectivity index (χ1n) is 47.3. The molecule has 0 spiro atoms. The first kappa shape index (κ1) is 132. The third-order valence-corrected chi connectivity index (χ3v) is 17.7. The molecule has 0 aliphatic heterocycles. The number of hydrogen-bond donors (Lipinski definition) is 3. The van der Waals surface area contributed by atoms with Crippen LogP contribution in [0.3, 0.4) is 0 Å². The number of allylic oxidation sites excluding steroid dienone is 36. The number of aliphatic carboxylic acids is 2. The van der Waals surface area contributed by atoms with Gasteiger partial charge in [-0.2, -0.15) is 0 Å². The van der Waals surface area contributed by atoms with Crippen LogP contribution in [0.4, 0.5) is 0 Å². The highest BCUT2D eigenvalue weighted by molar-refractivity contribution is 5.89. The van der Waals surface area contributed by atoms with Gasteiger partial charge < -0.3 is 72.2 Å². The number of carboxylic acid groups (broad SMARTS) is 2. The lowest BCUT2D eigenvalue weighted by atomic mass is 10.0. The number of hydrogen-bond acceptors (Lipinski definition) is 28. The van der Waals surface area contributed by atoms with Crippen LogP contribution in [0, 0.1) is 5.92 Å². The van der Waals surface area contributed by atoms with Crippen LogP contribution < -0.4 is 0 Å². The smallest absolute Gasteiger partial charge is 0.347 e. The molecule has 0 aromatic carbocycles. The zero-order valence-corrected chi connectivity index (χ0v) is 84.2. The monoisotopic (exact) mass is 1950 g/mol. The Morgan fingerprint density at radius 3 is 0.655 bits per heavy atom. The van der Waals surface area contributed by atoms with E-state index in [-0.39, 0.29) is 44.7 Å². The largest absolute Gasteiger partial charge is 0.481 e. The topological polar surface area (TPSA) is 428 Å². The number of rotatable bonds is 70. The van der Waals surface area contributed by atoms with Crippen molar-refractivity contribution in [2.45, 2.75) is 332 Å². The highest BCUT2D eigenvalue weighted by Gasteiger charge is 2.33. The van der Waals surface area contributed by atoms with Gasteiger partial charge in [-0.1, -0.05) is 272 Å². The van der Waals surface area contributed by atoms with Gasteiger partial charge in [0.2, 0.25) is 0 Å². The Bertz CT molecular complexity index is 4160. The Morgan fingerprint density at radius 1 is 0.237 bits per heavy atom. The molecule has 0 rings (SSSR count). The summed E-state index contributed by atoms with van der Waals surface area (Å²) in [5.41, 5.74) is 0. The minimum absolute atomic E-state index is 0.0288. The molecule has 0 radical (unpaired) electrons. The molecular weight excluding hydrogens is 1790 g/mol. The minimum atomic E-state index is -1.41. The van der Waals surface area contributed by atoms with Crippen molar-refractivity contribution in [3.8, 4) is 0 Å². The van der Waals surface area contributed by atoms with Gasteiger partial charge in [-0.3, -0.25) is 19.2 Å². The number of carboxylic acids is 2. The molecule has 30 nitrogen and oxygen atoms in total. The van der Waals surface area contributed by atoms with Crippen LogP contribution in [0.1, 0.15) is 264 Å². The third kappa shape index (κ3) is 84.1. The molecule has 0 unspecified atom stereocenters. The second kappa shape index (κ2) is 91.4. The summed E-state index contributed by atoms with van der Waals surface area (Å²) in [5, 5.41) is 26.3. The summed E-state index contributed by atoms with van der Waals surface area (Å²) in [4.78, 5) is 176. The van der Waals surface area contributed by atoms with Crippen LogP contribution in [0.5, 0.6) is 0 Å². The lowest BCUT2D eigenvalue weighted by Gasteiger charge is -2.19. The fraction of sp³-hybridized carbons (Fsp3) is 0.495. The molecule has 0 saturated carbocycles. The predicted molar refractivity (Wildman–Crippen MR) is 536 cm³/mol. The van der Waals surface area contributed by atoms with Crippen molar-refractivity contribution < 1.29 is 144 Å². The van der Waals surface area contributed by atoms with Crippen molar-refractivity contribution in [3.05, 3.63) is 244 Å². The molecule has 0 bridgehead atoms. The van der Waals surface area contributed by atoms with Crippen LogP contribution in [-0.2, 0) is 129 Å². The number of carbonyl (C=O) groups is 15. The molecule has 30 heteroatoms. The first-order chi connectivity index (χ1) is 66.4. The number of ketones is 1. The molecule has 0 fully saturated rings. The highest BCUT2D eigenvalue weighted by Crippen LogP contribution is 2.15. The van der Waals surface area contributed by atoms with E-state index < -0.39 is 157 Å². The zero-order valence-electron chi connectivity index (χ0n) is 84.2. The van der Waals surface area contributed by atoms with Gasteiger partial charge in [0.25, 0.3) is 0 Å². The van der Waals surface area contributed by atoms with Crippen molar-refractivity contribution in [1.29, 1.82) is 0 Å². The molecule has 12 atom stereocenters. The second-order valence-corrected chi connectivity index (χ2v) is 30.6. The fourth-order valence-electron chi connectivity index (χ4n) is 9.81. The van der Waals surface area contributed by atoms with Gasteiger partial charge in [0.15, 0.2) is 61.0 Å². The zero-order chi connectivity index (χ0) is 105. The van der Waals surface area contributed by atoms with Gasteiger partial charge >= 0.3 is 83.6 Å². The molecule has 0 aliphatic rings. The summed E-state index contributed by atoms with van der Waals surface area (Å²) in [6.07, 6.45) is 83.5. The number of aliphatic hydroxyl groups excluding tert-OH is 1. The lowest BCUT2D eigenvalue weighted by Crippen LogP contribution is -2.37. The van der Waals surface area contributed by atoms with E-state index in [1.165, 1.54) is 88.3 Å². The van der Waals surface area contributed by atoms with Crippen LogP contribution in [0.15, 0.2) is 244 Å². The maximum atomic E-state index is 12.3. The van der Waals surface area contributed by atoms with E-state index in [9.17, 15) is 71.9 Å². The molecule has 3 N–H and O–H groups in total. The van der Waals surface area contributed by atoms with Gasteiger partial charge in [-0.25, -0.2) is 52.7 Å². The summed E-state index contributed by atoms with van der Waals surface area (Å²) in [6, 6.07) is 0. The number of carbonyl (C=O) groups excluding carboxylic acids is 13. The molecular formula is C109H156O30. The van der Waals surface area contributed by atoms with Crippen LogP contribution in [0.2, 0.25) is 0 Å². The van der Waals surface area contributed by atoms with Crippen molar-refractivity contribution in [2.75, 3.05) is 13.2 Å². The molecule has 0 saturated heterocycles. The van der Waals surface area contributed by atoms with Crippen molar-refractivity contribution in [3.63, 3.8) is 0 Å². The molecule has 0 aromatic rings. The van der Waals surface area contributed by atoms with Gasteiger partial charge in [-0.05, 0) is 211 Å². The van der Waals surface area contributed by atoms with Crippen molar-refractivity contribution in [1.82, 2.24) is 0 Å². The van der Waals surface area contributed by atoms with E-state index in [1.807, 2.05) is 42.5 Å². The number of Topliss-reactive ketones (excluding diaryl/α,β-unsaturated/α-hetero) is 1. The summed E-state index contributed by atoms with van der Waals surface area (Å²) in [5.74, 6) is -13.9. The summed E-state index contributed by atoms with van der Waals surface area (Å²) in [6.45, 7) is 28.3. The van der Waals surface area contributed by atoms with E-state index in [4.69, 9.17) is 62.7 Å². The average Bonchev–Trinajstić information content (AvgIpc) is 0.895. The maximum absolute atomic E-state index is 12.3. The number of aliphatic hydroxyl groups is 1. The normalized spacial score (nSPS) is 14.5. The van der Waals surface area contributed by atoms with Gasteiger partial charge in [0, 0.05) is 25.7 Å². The van der Waals surface area contributed by atoms with Gasteiger partial charge in [-0.15, -0.1) is 0 Å². The Balaban J connectivity index is -0.000000913. The Labute approximate surface area is 824 Å². The predicted octanol–water partition coefficient (Wildman–Crippen LogP) is 20.3. The molecule has 0 aliphatic carbocycles. The Hall–Kier alpha value is -13.0. The quantitative estimate of drug-likeness (QED) is 0.0289. The number of ether oxygens (including phenoxy) is 12. The summed E-state index contributed by atoms with van der Waals surface area (Å²) < 4.78 is 58.2. The SMILES string of the molecule is C=CCOC(=O)[C@H](C)OC(=O)[C@H](C)OC(=O)[C@H](C)OC(=O)[C@H](C)O.C=CCOC(=O)[C@H](C)OC(=O)[C@H](C)OC(=O)[C@H](C)OC(=O)[C@H](C)OC(=O)CC/C=C\C/C=C\C/C=C\C/C=C\C/C=C\C/C=C\CC.CC/C=C\C/C=C\C/C=C\C/C=C\C/C=C\C/C=C\CCC(=O)C[C@@H](C)C(=O)O[C@@H](C)C(=O)O[C@@H](C)C(=O)O[C@@H](C)C(=O)O.CC/C=C\C/C=C\C/C=C\C/C=C\C/C=C\C/C=C\CCC(=O)O. The van der Waals surface area contributed by atoms with E-state index in [2.05, 4.69) is 220 Å². The summed E-state index contributed by atoms with van der Waals surface area (Å²) >= 11 is 0. The third-order valence-electron chi connectivity index (χ3n) is 17.7. The Kier molecular flexibility index (Phi) is 87.0. The highest BCUT2D eigenvalue weighted by atomic mass is 16.7. The molecule has 772 valence electrons. The first-order valence-corrected chi connectivity index (χ1v) is 47.3. The number of esters is 12. The van der Waals surface area contributed by atoms with Gasteiger partial charge in [0.05, 0.1) is 5.92 Å². The summed E-state index contributed by atoms with van der Waals surface area (Å²) in [7, 11) is 0. The molecule has 0 heterocycles. The van der Waals surface area contributed by atoms with Crippen LogP contribution in [0.25, 0.3) is 0 Å². The van der Waals surface area contributed by atoms with E-state index in [0.717, 1.165) is 122 Å². The Morgan fingerprint density at radius 2 is 0.432 bits per heavy atom. The van der Waals surface area contributed by atoms with Crippen LogP contribution in [-0.4, -0.2) is 185 Å². The lowest BCUT2D eigenvalue weighted by molar-refractivity contribution is -0.184. The maximum Gasteiger partial charge on any atom is 0.347 e. The second-order valence-electron chi connectivity index (χ2n) is 30.6. The van der Waals surface area contributed by atoms with Crippen molar-refractivity contribution in [2.24, 2.45) is 5.92 Å². The van der Waals surface area contributed by atoms with Crippen LogP contribution >= 0.6 is 0 Å². The minimum Gasteiger partial charge on any atom is -0.481 e. The fourth-order valence-corrected chi connectivity index (χ4v) is 9.81. The van der Waals surface area contributed by atoms with E-state index in [0.29, 0.717) is 19.3 Å². The van der Waals surface area contributed by atoms with E-state index in [1.54, 1.807) is 0 Å².